The Morgan fingerprint density at radius 3 is 2.31 bits per heavy atom. The number of halogens is 2. The van der Waals surface area contributed by atoms with Gasteiger partial charge in [0.2, 0.25) is 0 Å². The quantitative estimate of drug-likeness (QED) is 0.489. The lowest BCUT2D eigenvalue weighted by molar-refractivity contribution is -0.0857. The van der Waals surface area contributed by atoms with Crippen molar-refractivity contribution in [3.8, 4) is 0 Å². The summed E-state index contributed by atoms with van der Waals surface area (Å²) in [4.78, 5) is 0. The molecule has 0 radical (unpaired) electrons. The van der Waals surface area contributed by atoms with Gasteiger partial charge in [-0.2, -0.15) is 0 Å². The molecule has 2 bridgehead atoms. The average molecular weight is 229 g/mol. The predicted octanol–water partition coefficient (Wildman–Crippen LogP) is 0.988. The smallest absolute Gasteiger partial charge is 0.0488 e. The van der Waals surface area contributed by atoms with Crippen LogP contribution in [0.25, 0.3) is 0 Å². The molecule has 13 heavy (non-hydrogen) atoms. The summed E-state index contributed by atoms with van der Waals surface area (Å²) < 4.78 is 0. The molecule has 3 aliphatic carbocycles. The zero-order valence-corrected chi connectivity index (χ0v) is 9.22. The molecule has 0 heterocycles. The second-order valence-corrected chi connectivity index (χ2v) is 4.29. The standard InChI is InChI=1S/C8H16N2O.2ClH/c9-10-8-3-1-2-7(4-8,5-8)6-11;;/h10-11H,1-6,9H2;2*1H. The third kappa shape index (κ3) is 1.95. The Morgan fingerprint density at radius 2 is 1.85 bits per heavy atom. The Bertz CT molecular complexity index is 156. The first-order chi connectivity index (χ1) is 5.24. The molecule has 0 aromatic heterocycles. The number of fused-ring (bicyclic) bond motifs is 2. The second-order valence-electron chi connectivity index (χ2n) is 4.29. The van der Waals surface area contributed by atoms with Gasteiger partial charge in [-0.25, -0.2) is 0 Å². The van der Waals surface area contributed by atoms with Gasteiger partial charge in [0.25, 0.3) is 0 Å². The van der Waals surface area contributed by atoms with Crippen molar-refractivity contribution in [3.05, 3.63) is 0 Å². The summed E-state index contributed by atoms with van der Waals surface area (Å²) in [6.07, 6.45) is 5.74. The molecule has 80 valence electrons. The fourth-order valence-electron chi connectivity index (χ4n) is 2.90. The Kier molecular flexibility index (Phi) is 4.47. The van der Waals surface area contributed by atoms with Gasteiger partial charge in [-0.15, -0.1) is 24.8 Å². The monoisotopic (exact) mass is 228 g/mol. The van der Waals surface area contributed by atoms with Crippen molar-refractivity contribution in [2.24, 2.45) is 11.3 Å². The number of nitrogens with two attached hydrogens (primary N) is 1. The summed E-state index contributed by atoms with van der Waals surface area (Å²) in [6, 6.07) is 0. The van der Waals surface area contributed by atoms with Gasteiger partial charge in [-0.1, -0.05) is 6.42 Å². The molecule has 0 spiro atoms. The van der Waals surface area contributed by atoms with E-state index >= 15 is 0 Å². The van der Waals surface area contributed by atoms with Gasteiger partial charge in [0.1, 0.15) is 0 Å². The molecule has 3 aliphatic rings. The lowest BCUT2D eigenvalue weighted by atomic mass is 9.50. The van der Waals surface area contributed by atoms with E-state index in [2.05, 4.69) is 5.43 Å². The normalized spacial score (nSPS) is 41.1. The lowest BCUT2D eigenvalue weighted by Crippen LogP contribution is -2.66. The largest absolute Gasteiger partial charge is 0.396 e. The Morgan fingerprint density at radius 1 is 1.23 bits per heavy atom. The fourth-order valence-corrected chi connectivity index (χ4v) is 2.90. The first kappa shape index (κ1) is 13.5. The van der Waals surface area contributed by atoms with Crippen LogP contribution in [0.15, 0.2) is 0 Å². The van der Waals surface area contributed by atoms with Crippen molar-refractivity contribution in [2.45, 2.75) is 37.6 Å². The minimum Gasteiger partial charge on any atom is -0.396 e. The highest BCUT2D eigenvalue weighted by Gasteiger charge is 2.56. The highest BCUT2D eigenvalue weighted by atomic mass is 35.5. The van der Waals surface area contributed by atoms with Gasteiger partial charge in [0.15, 0.2) is 0 Å². The molecule has 3 fully saturated rings. The van der Waals surface area contributed by atoms with E-state index in [1.807, 2.05) is 0 Å². The van der Waals surface area contributed by atoms with Crippen LogP contribution in [-0.2, 0) is 0 Å². The third-order valence-corrected chi connectivity index (χ3v) is 3.43. The average Bonchev–Trinajstić information content (AvgIpc) is 2.04. The van der Waals surface area contributed by atoms with Crippen LogP contribution >= 0.6 is 24.8 Å². The summed E-state index contributed by atoms with van der Waals surface area (Å²) >= 11 is 0. The van der Waals surface area contributed by atoms with Gasteiger partial charge in [0.05, 0.1) is 0 Å². The fraction of sp³-hybridized carbons (Fsp3) is 1.00. The van der Waals surface area contributed by atoms with E-state index in [-0.39, 0.29) is 35.8 Å². The summed E-state index contributed by atoms with van der Waals surface area (Å²) in [5, 5.41) is 9.13. The van der Waals surface area contributed by atoms with Crippen LogP contribution in [0.2, 0.25) is 0 Å². The Hall–Kier alpha value is 0.460. The van der Waals surface area contributed by atoms with E-state index in [9.17, 15) is 0 Å². The van der Waals surface area contributed by atoms with Crippen molar-refractivity contribution >= 4 is 24.8 Å². The van der Waals surface area contributed by atoms with E-state index in [4.69, 9.17) is 10.9 Å². The number of hydrogen-bond acceptors (Lipinski definition) is 3. The van der Waals surface area contributed by atoms with Gasteiger partial charge in [0, 0.05) is 12.1 Å². The van der Waals surface area contributed by atoms with E-state index in [0.29, 0.717) is 6.61 Å². The van der Waals surface area contributed by atoms with Crippen LogP contribution in [0.1, 0.15) is 32.1 Å². The van der Waals surface area contributed by atoms with Gasteiger partial charge in [-0.3, -0.25) is 11.3 Å². The van der Waals surface area contributed by atoms with Crippen LogP contribution in [0.3, 0.4) is 0 Å². The molecule has 0 aromatic rings. The summed E-state index contributed by atoms with van der Waals surface area (Å²) in [5.41, 5.74) is 3.33. The molecule has 3 nitrogen and oxygen atoms in total. The molecule has 0 aliphatic heterocycles. The lowest BCUT2D eigenvalue weighted by Gasteiger charge is -2.59. The first-order valence-electron chi connectivity index (χ1n) is 4.33. The molecular weight excluding hydrogens is 211 g/mol. The number of aliphatic hydroxyl groups is 1. The molecule has 0 amide bonds. The SMILES string of the molecule is Cl.Cl.NNC12CCCC(CO)(C1)C2. The minimum atomic E-state index is 0. The molecule has 5 heteroatoms. The number of aliphatic hydroxyl groups excluding tert-OH is 1. The van der Waals surface area contributed by atoms with Gasteiger partial charge >= 0.3 is 0 Å². The van der Waals surface area contributed by atoms with E-state index in [1.165, 1.54) is 19.3 Å². The first-order valence-corrected chi connectivity index (χ1v) is 4.33. The van der Waals surface area contributed by atoms with Crippen LogP contribution in [0, 0.1) is 5.41 Å². The Labute approximate surface area is 91.2 Å². The molecule has 4 N–H and O–H groups in total. The van der Waals surface area contributed by atoms with Crippen LogP contribution in [0.4, 0.5) is 0 Å². The highest BCUT2D eigenvalue weighted by Crippen LogP contribution is 2.57. The maximum atomic E-state index is 9.13. The molecule has 0 saturated heterocycles. The number of hydrazine groups is 1. The highest BCUT2D eigenvalue weighted by molar-refractivity contribution is 5.85. The minimum absolute atomic E-state index is 0. The maximum absolute atomic E-state index is 9.13. The second kappa shape index (κ2) is 4.32. The van der Waals surface area contributed by atoms with Crippen LogP contribution < -0.4 is 11.3 Å². The number of nitrogens with one attached hydrogen (secondary N) is 1. The molecule has 0 atom stereocenters. The van der Waals surface area contributed by atoms with Crippen molar-refractivity contribution in [3.63, 3.8) is 0 Å². The van der Waals surface area contributed by atoms with E-state index < -0.39 is 0 Å². The van der Waals surface area contributed by atoms with E-state index in [0.717, 1.165) is 12.8 Å². The van der Waals surface area contributed by atoms with Crippen molar-refractivity contribution in [2.75, 3.05) is 6.61 Å². The van der Waals surface area contributed by atoms with Gasteiger partial charge in [-0.05, 0) is 31.1 Å². The Balaban J connectivity index is 0.000000720. The summed E-state index contributed by atoms with van der Waals surface area (Å²) in [6.45, 7) is 0.344. The number of rotatable bonds is 2. The molecule has 3 rings (SSSR count). The van der Waals surface area contributed by atoms with Crippen molar-refractivity contribution < 1.29 is 5.11 Å². The topological polar surface area (TPSA) is 58.3 Å². The van der Waals surface area contributed by atoms with E-state index in [1.54, 1.807) is 0 Å². The third-order valence-electron chi connectivity index (χ3n) is 3.43. The van der Waals surface area contributed by atoms with Gasteiger partial charge < -0.3 is 5.11 Å². The summed E-state index contributed by atoms with van der Waals surface area (Å²) in [7, 11) is 0. The molecule has 0 aromatic carbocycles. The van der Waals surface area contributed by atoms with Crippen LogP contribution in [-0.4, -0.2) is 17.3 Å². The maximum Gasteiger partial charge on any atom is 0.0488 e. The molecular formula is C8H18Cl2N2O. The predicted molar refractivity (Wildman–Crippen MR) is 57.2 cm³/mol. The van der Waals surface area contributed by atoms with Crippen molar-refractivity contribution in [1.82, 2.24) is 5.43 Å². The van der Waals surface area contributed by atoms with Crippen molar-refractivity contribution in [1.29, 1.82) is 0 Å². The zero-order valence-electron chi connectivity index (χ0n) is 7.58. The zero-order chi connectivity index (χ0) is 7.95. The summed E-state index contributed by atoms with van der Waals surface area (Å²) in [5.74, 6) is 5.46. The van der Waals surface area contributed by atoms with Crippen LogP contribution in [0.5, 0.6) is 0 Å². The molecule has 0 unspecified atom stereocenters. The number of hydrogen-bond donors (Lipinski definition) is 3. The molecule has 3 saturated carbocycles.